The Bertz CT molecular complexity index is 1560. The zero-order chi connectivity index (χ0) is 27.5. The van der Waals surface area contributed by atoms with Gasteiger partial charge in [-0.15, -0.1) is 0 Å². The van der Waals surface area contributed by atoms with Gasteiger partial charge >= 0.3 is 5.91 Å². The Balaban J connectivity index is 1.61. The summed E-state index contributed by atoms with van der Waals surface area (Å²) in [5, 5.41) is 11.6. The van der Waals surface area contributed by atoms with Crippen molar-refractivity contribution in [2.75, 3.05) is 18.6 Å². The second-order valence-electron chi connectivity index (χ2n) is 9.13. The summed E-state index contributed by atoms with van der Waals surface area (Å²) >= 11 is 1.10. The number of ketones is 1. The third-order valence-corrected chi connectivity index (χ3v) is 7.56. The maximum absolute atomic E-state index is 13.9. The van der Waals surface area contributed by atoms with E-state index >= 15 is 0 Å². The van der Waals surface area contributed by atoms with E-state index < -0.39 is 23.5 Å². The molecule has 0 bridgehead atoms. The molecule has 1 unspecified atom stereocenters. The number of aliphatic hydroxyl groups is 1. The van der Waals surface area contributed by atoms with E-state index in [1.165, 1.54) is 30.2 Å². The monoisotopic (exact) mass is 546 g/mol. The number of nitrogens with zero attached hydrogens (tertiary/aromatic N) is 2. The molecule has 39 heavy (non-hydrogen) atoms. The highest BCUT2D eigenvalue weighted by molar-refractivity contribution is 7.22. The van der Waals surface area contributed by atoms with Gasteiger partial charge in [0.05, 0.1) is 35.5 Å². The Morgan fingerprint density at radius 1 is 1.05 bits per heavy atom. The zero-order valence-corrected chi connectivity index (χ0v) is 22.3. The molecule has 0 radical (unpaired) electrons. The Labute approximate surface area is 229 Å². The molecule has 1 saturated heterocycles. The molecule has 1 aliphatic rings. The van der Waals surface area contributed by atoms with Gasteiger partial charge in [0.2, 0.25) is 0 Å². The number of carbonyl (C=O) groups excluding carboxylic acids is 2. The van der Waals surface area contributed by atoms with Gasteiger partial charge in [-0.25, -0.2) is 9.37 Å². The molecule has 1 N–H and O–H groups in total. The predicted octanol–water partition coefficient (Wildman–Crippen LogP) is 6.64. The molecule has 1 amide bonds. The fourth-order valence-corrected chi connectivity index (χ4v) is 5.57. The molecule has 200 valence electrons. The average molecular weight is 547 g/mol. The lowest BCUT2D eigenvalue weighted by Crippen LogP contribution is -2.29. The normalized spacial score (nSPS) is 16.7. The second-order valence-corrected chi connectivity index (χ2v) is 10.1. The fourth-order valence-electron chi connectivity index (χ4n) is 4.55. The van der Waals surface area contributed by atoms with Crippen LogP contribution in [-0.4, -0.2) is 35.5 Å². The van der Waals surface area contributed by atoms with E-state index in [9.17, 15) is 19.1 Å². The quantitative estimate of drug-likeness (QED) is 0.110. The van der Waals surface area contributed by atoms with E-state index in [0.29, 0.717) is 39.4 Å². The number of Topliss-reactive ketones (excluding diaryl/α,β-unsaturated/α-hetero) is 1. The summed E-state index contributed by atoms with van der Waals surface area (Å²) in [5.41, 5.74) is 1.35. The van der Waals surface area contributed by atoms with Crippen molar-refractivity contribution in [2.24, 2.45) is 0 Å². The molecule has 1 atom stereocenters. The van der Waals surface area contributed by atoms with Crippen LogP contribution in [0.25, 0.3) is 16.0 Å². The number of amides is 1. The first-order valence-corrected chi connectivity index (χ1v) is 13.5. The van der Waals surface area contributed by atoms with Crippen molar-refractivity contribution in [3.63, 3.8) is 0 Å². The summed E-state index contributed by atoms with van der Waals surface area (Å²) in [6.07, 6.45) is 3.10. The van der Waals surface area contributed by atoms with Gasteiger partial charge in [0.25, 0.3) is 5.78 Å². The van der Waals surface area contributed by atoms with E-state index in [2.05, 4.69) is 11.9 Å². The van der Waals surface area contributed by atoms with E-state index in [4.69, 9.17) is 9.47 Å². The number of methoxy groups -OCH3 is 1. The van der Waals surface area contributed by atoms with E-state index in [-0.39, 0.29) is 16.5 Å². The summed E-state index contributed by atoms with van der Waals surface area (Å²) in [7, 11) is 1.50. The van der Waals surface area contributed by atoms with Crippen LogP contribution in [0.5, 0.6) is 11.5 Å². The van der Waals surface area contributed by atoms with Gasteiger partial charge in [0, 0.05) is 5.56 Å². The highest BCUT2D eigenvalue weighted by atomic mass is 32.1. The van der Waals surface area contributed by atoms with E-state index in [1.54, 1.807) is 48.5 Å². The summed E-state index contributed by atoms with van der Waals surface area (Å²) in [6, 6.07) is 16.9. The van der Waals surface area contributed by atoms with E-state index in [0.717, 1.165) is 30.6 Å². The van der Waals surface area contributed by atoms with Crippen LogP contribution in [0.4, 0.5) is 9.52 Å². The van der Waals surface area contributed by atoms with Crippen LogP contribution in [0.2, 0.25) is 0 Å². The van der Waals surface area contributed by atoms with Crippen LogP contribution in [-0.2, 0) is 9.59 Å². The third-order valence-electron chi connectivity index (χ3n) is 6.55. The van der Waals surface area contributed by atoms with Crippen molar-refractivity contribution in [1.82, 2.24) is 4.98 Å². The predicted molar refractivity (Wildman–Crippen MR) is 149 cm³/mol. The van der Waals surface area contributed by atoms with Crippen molar-refractivity contribution >= 4 is 44.1 Å². The average Bonchev–Trinajstić information content (AvgIpc) is 3.48. The molecule has 1 fully saturated rings. The molecule has 1 aromatic heterocycles. The number of carbonyl (C=O) groups is 2. The number of thiazole rings is 1. The smallest absolute Gasteiger partial charge is 0.301 e. The first kappa shape index (κ1) is 26.4. The molecule has 0 aliphatic carbocycles. The maximum atomic E-state index is 13.9. The second kappa shape index (κ2) is 11.2. The lowest BCUT2D eigenvalue weighted by atomic mass is 9.95. The van der Waals surface area contributed by atoms with E-state index in [1.807, 2.05) is 0 Å². The van der Waals surface area contributed by atoms with Crippen LogP contribution in [0, 0.1) is 5.82 Å². The number of anilines is 1. The molecule has 2 heterocycles. The third kappa shape index (κ3) is 5.22. The highest BCUT2D eigenvalue weighted by Crippen LogP contribution is 2.44. The van der Waals surface area contributed by atoms with Gasteiger partial charge in [-0.2, -0.15) is 0 Å². The lowest BCUT2D eigenvalue weighted by Gasteiger charge is -2.23. The Morgan fingerprint density at radius 2 is 1.85 bits per heavy atom. The number of fused-ring (bicyclic) bond motifs is 1. The number of halogens is 1. The number of hydrogen-bond donors (Lipinski definition) is 1. The van der Waals surface area contributed by atoms with Gasteiger partial charge in [-0.1, -0.05) is 55.4 Å². The molecule has 3 aromatic carbocycles. The number of aliphatic hydroxyl groups excluding tert-OH is 1. The first-order valence-electron chi connectivity index (χ1n) is 12.7. The van der Waals surface area contributed by atoms with Gasteiger partial charge in [0.1, 0.15) is 23.1 Å². The zero-order valence-electron chi connectivity index (χ0n) is 21.5. The Morgan fingerprint density at radius 3 is 2.59 bits per heavy atom. The first-order chi connectivity index (χ1) is 18.9. The number of unbranched alkanes of at least 4 members (excludes halogenated alkanes) is 2. The number of hydrogen-bond acceptors (Lipinski definition) is 7. The standard InChI is InChI=1S/C30H27FN2O5S/c1-3-4-5-15-38-21-12-9-18(10-13-21)26-25(27(34)19-7-6-8-22(16-19)37-2)28(35)29(36)33(26)30-32-23-14-11-20(31)17-24(23)39-30/h6-14,16-17,26,34H,3-5,15H2,1-2H3/b27-25+. The molecule has 0 spiro atoms. The van der Waals surface area contributed by atoms with Crippen molar-refractivity contribution in [3.8, 4) is 11.5 Å². The summed E-state index contributed by atoms with van der Waals surface area (Å²) < 4.78 is 25.5. The number of benzene rings is 3. The maximum Gasteiger partial charge on any atom is 0.301 e. The largest absolute Gasteiger partial charge is 0.507 e. The molecule has 7 nitrogen and oxygen atoms in total. The van der Waals surface area contributed by atoms with Crippen LogP contribution < -0.4 is 14.4 Å². The van der Waals surface area contributed by atoms with Crippen molar-refractivity contribution in [3.05, 3.63) is 89.2 Å². The summed E-state index contributed by atoms with van der Waals surface area (Å²) in [5.74, 6) is -1.28. The number of aromatic nitrogens is 1. The minimum Gasteiger partial charge on any atom is -0.507 e. The topological polar surface area (TPSA) is 89.0 Å². The minimum absolute atomic E-state index is 0.0738. The van der Waals surface area contributed by atoms with Crippen LogP contribution in [0.15, 0.2) is 72.3 Å². The van der Waals surface area contributed by atoms with Crippen molar-refractivity contribution in [1.29, 1.82) is 0 Å². The molecular formula is C30H27FN2O5S. The van der Waals surface area contributed by atoms with Gasteiger partial charge in [-0.05, 0) is 54.4 Å². The Kier molecular flexibility index (Phi) is 7.60. The summed E-state index contributed by atoms with van der Waals surface area (Å²) in [6.45, 7) is 2.71. The molecule has 9 heteroatoms. The van der Waals surface area contributed by atoms with Gasteiger partial charge in [0.15, 0.2) is 5.13 Å². The highest BCUT2D eigenvalue weighted by Gasteiger charge is 2.48. The minimum atomic E-state index is -0.962. The molecule has 0 saturated carbocycles. The molecule has 1 aliphatic heterocycles. The van der Waals surface area contributed by atoms with Gasteiger partial charge < -0.3 is 14.6 Å². The molecule has 4 aromatic rings. The van der Waals surface area contributed by atoms with Crippen molar-refractivity contribution in [2.45, 2.75) is 32.2 Å². The van der Waals surface area contributed by atoms with Crippen LogP contribution in [0.3, 0.4) is 0 Å². The molecule has 5 rings (SSSR count). The number of rotatable bonds is 9. The Hall–Kier alpha value is -4.24. The number of ether oxygens (including phenoxy) is 2. The van der Waals surface area contributed by atoms with Crippen LogP contribution >= 0.6 is 11.3 Å². The van der Waals surface area contributed by atoms with Crippen LogP contribution in [0.1, 0.15) is 43.4 Å². The summed E-state index contributed by atoms with van der Waals surface area (Å²) in [4.78, 5) is 32.7. The lowest BCUT2D eigenvalue weighted by molar-refractivity contribution is -0.132. The fraction of sp³-hybridized carbons (Fsp3) is 0.233. The van der Waals surface area contributed by atoms with Crippen molar-refractivity contribution < 1.29 is 28.6 Å². The SMILES string of the molecule is CCCCCOc1ccc(C2/C(=C(\O)c3cccc(OC)c3)C(=O)C(=O)N2c2nc3ccc(F)cc3s2)cc1. The van der Waals surface area contributed by atoms with Gasteiger partial charge in [-0.3, -0.25) is 14.5 Å². The molecular weight excluding hydrogens is 519 g/mol.